The van der Waals surface area contributed by atoms with Crippen molar-refractivity contribution in [2.75, 3.05) is 0 Å². The Morgan fingerprint density at radius 3 is 0.551 bits per heavy atom. The molecule has 0 aromatic heterocycles. The van der Waals surface area contributed by atoms with Crippen LogP contribution in [0.25, 0.3) is 98.0 Å². The van der Waals surface area contributed by atoms with E-state index in [1.54, 1.807) is 0 Å². The second-order valence-electron chi connectivity index (χ2n) is 19.1. The topological polar surface area (TPSA) is 92.5 Å². The van der Waals surface area contributed by atoms with E-state index in [1.807, 2.05) is 109 Å². The highest BCUT2D eigenvalue weighted by molar-refractivity contribution is 9.11. The Balaban J connectivity index is 1.05. The molecule has 0 aliphatic carbocycles. The van der Waals surface area contributed by atoms with Crippen molar-refractivity contribution in [2.45, 2.75) is 0 Å². The van der Waals surface area contributed by atoms with Gasteiger partial charge in [0.1, 0.15) is 34.5 Å². The van der Waals surface area contributed by atoms with Crippen LogP contribution >= 0.6 is 119 Å². The van der Waals surface area contributed by atoms with Crippen LogP contribution in [-0.2, 0) is 0 Å². The summed E-state index contributed by atoms with van der Waals surface area (Å²) in [5.74, 6) is 2.95. The van der Waals surface area contributed by atoms with E-state index < -0.39 is 23.0 Å². The molecule has 378 valence electrons. The van der Waals surface area contributed by atoms with E-state index in [-0.39, 0.29) is 0 Å². The molecule has 16 rings (SSSR count). The SMILES string of the molecule is Brc1ccc2c3c(ccc2c1)OP1(=NP2(=NP4(=N1)Oc1ccc5cc(Br)ccc5c1-c1c(ccc5cc(Br)ccc15)O4)Oc1ccc4cc(Br)ccc4c1-c1c(ccc4cc(Br)ccc14)O2)Oc1ccc2cc(Br)ccc2c1-3. The molecule has 0 N–H and O–H groups in total. The minimum absolute atomic E-state index is 0.491. The van der Waals surface area contributed by atoms with E-state index in [1.165, 1.54) is 0 Å². The van der Waals surface area contributed by atoms with Gasteiger partial charge in [-0.1, -0.05) is 182 Å². The predicted octanol–water partition coefficient (Wildman–Crippen LogP) is 23.7. The fraction of sp³-hybridized carbons (Fsp3) is 0. The molecule has 0 bridgehead atoms. The lowest BCUT2D eigenvalue weighted by atomic mass is 9.92. The normalized spacial score (nSPS) is 15.8. The molecule has 0 saturated heterocycles. The number of rotatable bonds is 0. The summed E-state index contributed by atoms with van der Waals surface area (Å²) in [4.78, 5) is 0. The van der Waals surface area contributed by atoms with Crippen LogP contribution < -0.4 is 27.1 Å². The molecule has 0 radical (unpaired) electrons. The number of hydrogen-bond donors (Lipinski definition) is 0. The zero-order chi connectivity index (χ0) is 52.4. The second-order valence-corrected chi connectivity index (χ2v) is 30.8. The van der Waals surface area contributed by atoms with E-state index in [2.05, 4.69) is 168 Å². The average molecular weight is 1460 g/mol. The van der Waals surface area contributed by atoms with Crippen molar-refractivity contribution < 1.29 is 27.1 Å². The lowest BCUT2D eigenvalue weighted by molar-refractivity contribution is 0.451. The first-order valence-corrected chi connectivity index (χ1v) is 33.6. The lowest BCUT2D eigenvalue weighted by Gasteiger charge is -2.31. The minimum atomic E-state index is -4.23. The van der Waals surface area contributed by atoms with Gasteiger partial charge in [-0.25, -0.2) is 0 Å². The highest BCUT2D eigenvalue weighted by Crippen LogP contribution is 2.81. The van der Waals surface area contributed by atoms with Gasteiger partial charge in [0.15, 0.2) is 0 Å². The maximum atomic E-state index is 7.59. The molecule has 78 heavy (non-hydrogen) atoms. The van der Waals surface area contributed by atoms with Gasteiger partial charge < -0.3 is 27.1 Å². The predicted molar refractivity (Wildman–Crippen MR) is 339 cm³/mol. The fourth-order valence-electron chi connectivity index (χ4n) is 11.2. The second kappa shape index (κ2) is 17.8. The van der Waals surface area contributed by atoms with Crippen molar-refractivity contribution in [3.63, 3.8) is 0 Å². The van der Waals surface area contributed by atoms with Gasteiger partial charge in [0.2, 0.25) is 0 Å². The molecule has 12 aromatic carbocycles. The number of fused-ring (bicyclic) bond motifs is 21. The molecule has 0 fully saturated rings. The summed E-state index contributed by atoms with van der Waals surface area (Å²) in [6, 6.07) is 61.5. The van der Waals surface area contributed by atoms with Crippen LogP contribution in [-0.4, -0.2) is 0 Å². The highest BCUT2D eigenvalue weighted by atomic mass is 79.9. The molecular formula is C60H30Br6N3O6P3. The molecule has 0 amide bonds. The summed E-state index contributed by atoms with van der Waals surface area (Å²) in [7, 11) is -12.7. The van der Waals surface area contributed by atoms with Crippen molar-refractivity contribution in [3.05, 3.63) is 209 Å². The summed E-state index contributed by atoms with van der Waals surface area (Å²) in [5.41, 5.74) is 4.89. The summed E-state index contributed by atoms with van der Waals surface area (Å²) in [6.45, 7) is 0. The molecule has 12 aromatic rings. The van der Waals surface area contributed by atoms with Gasteiger partial charge in [0.25, 0.3) is 0 Å². The van der Waals surface area contributed by atoms with Crippen LogP contribution in [0.5, 0.6) is 34.5 Å². The van der Waals surface area contributed by atoms with E-state index in [0.717, 1.165) is 125 Å². The van der Waals surface area contributed by atoms with Gasteiger partial charge in [-0.15, -0.1) is 0 Å². The summed E-state index contributed by atoms with van der Waals surface area (Å²) in [6.07, 6.45) is 0. The number of benzene rings is 12. The Bertz CT molecular complexity index is 4180. The maximum absolute atomic E-state index is 7.59. The van der Waals surface area contributed by atoms with Crippen LogP contribution in [0.2, 0.25) is 0 Å². The van der Waals surface area contributed by atoms with E-state index in [0.29, 0.717) is 34.5 Å². The molecule has 18 heteroatoms. The largest absolute Gasteiger partial charge is 0.460 e. The van der Waals surface area contributed by atoms with Crippen molar-refractivity contribution >= 4 is 183 Å². The standard InChI is InChI=1S/C60H30Br6N3O6P3/c61-37-7-13-43-31(25-37)1-19-49-55(43)56-44-14-8-38(62)26-32(44)2-20-50(56)71-76(70-49)67-77(72-51-21-3-33-27-39(63)9-15-45(33)57(51)58-46-16-10-40(64)28-34(46)4-22-52(58)73-77)69-78(68-76)74-53-23-5-35-29-41(65)11-17-47(35)59(53)60-48-18-12-42(66)30-36(48)6-24-54(60)75-78/h1-30H. The molecule has 4 aliphatic rings. The number of hydrogen-bond acceptors (Lipinski definition) is 9. The van der Waals surface area contributed by atoms with Gasteiger partial charge in [-0.3, -0.25) is 0 Å². The summed E-state index contributed by atoms with van der Waals surface area (Å²) in [5, 5.41) is 11.6. The van der Waals surface area contributed by atoms with E-state index in [9.17, 15) is 0 Å². The number of halogens is 6. The molecule has 3 spiro atoms. The Hall–Kier alpha value is -5.43. The Morgan fingerprint density at radius 1 is 0.218 bits per heavy atom. The monoisotopic (exact) mass is 1450 g/mol. The number of nitrogens with zero attached hydrogens (tertiary/aromatic N) is 3. The van der Waals surface area contributed by atoms with Crippen LogP contribution in [0.1, 0.15) is 0 Å². The van der Waals surface area contributed by atoms with Crippen LogP contribution in [0.3, 0.4) is 0 Å². The van der Waals surface area contributed by atoms with E-state index >= 15 is 0 Å². The molecule has 9 nitrogen and oxygen atoms in total. The fourth-order valence-corrected chi connectivity index (χ4v) is 22.6. The molecule has 0 unspecified atom stereocenters. The van der Waals surface area contributed by atoms with Crippen molar-refractivity contribution in [2.24, 2.45) is 13.5 Å². The summed E-state index contributed by atoms with van der Waals surface area (Å²) < 4.78 is 68.3. The van der Waals surface area contributed by atoms with E-state index in [4.69, 9.17) is 40.7 Å². The van der Waals surface area contributed by atoms with Gasteiger partial charge in [-0.05, 0) is 174 Å². The van der Waals surface area contributed by atoms with Crippen LogP contribution in [0.15, 0.2) is 222 Å². The third-order valence-corrected chi connectivity index (χ3v) is 25.4. The first kappa shape index (κ1) is 48.5. The van der Waals surface area contributed by atoms with Crippen LogP contribution in [0.4, 0.5) is 0 Å². The van der Waals surface area contributed by atoms with Gasteiger partial charge >= 0.3 is 23.0 Å². The Morgan fingerprint density at radius 2 is 0.385 bits per heavy atom. The first-order valence-electron chi connectivity index (χ1n) is 24.3. The quantitative estimate of drug-likeness (QED) is 0.140. The first-order chi connectivity index (χ1) is 37.9. The lowest BCUT2D eigenvalue weighted by Crippen LogP contribution is -2.10. The van der Waals surface area contributed by atoms with Gasteiger partial charge in [0.05, 0.1) is 0 Å². The molecule has 0 atom stereocenters. The zero-order valence-electron chi connectivity index (χ0n) is 39.7. The third-order valence-electron chi connectivity index (χ3n) is 14.4. The Labute approximate surface area is 495 Å². The van der Waals surface area contributed by atoms with Crippen molar-refractivity contribution in [1.29, 1.82) is 0 Å². The van der Waals surface area contributed by atoms with Gasteiger partial charge in [-0.2, -0.15) is 0 Å². The smallest absolute Gasteiger partial charge is 0.413 e. The highest BCUT2D eigenvalue weighted by Gasteiger charge is 2.52. The van der Waals surface area contributed by atoms with Crippen molar-refractivity contribution in [3.8, 4) is 67.9 Å². The Kier molecular flexibility index (Phi) is 11.1. The van der Waals surface area contributed by atoms with Crippen LogP contribution in [0, 0.1) is 0 Å². The third kappa shape index (κ3) is 7.70. The molecule has 0 saturated carbocycles. The summed E-state index contributed by atoms with van der Waals surface area (Å²) >= 11 is 22.4. The molecular weight excluding hydrogens is 1430 g/mol. The average Bonchev–Trinajstić information content (AvgIpc) is 3.95. The minimum Gasteiger partial charge on any atom is -0.413 e. The zero-order valence-corrected chi connectivity index (χ0v) is 51.9. The van der Waals surface area contributed by atoms with Crippen molar-refractivity contribution in [1.82, 2.24) is 0 Å². The van der Waals surface area contributed by atoms with Gasteiger partial charge in [0, 0.05) is 60.2 Å². The molecule has 4 heterocycles. The molecule has 4 aliphatic heterocycles. The maximum Gasteiger partial charge on any atom is 0.460 e.